The van der Waals surface area contributed by atoms with E-state index in [1.807, 2.05) is 30.3 Å². The van der Waals surface area contributed by atoms with Gasteiger partial charge in [-0.15, -0.1) is 0 Å². The number of nitrogens with zero attached hydrogens (tertiary/aromatic N) is 2. The molecule has 1 heterocycles. The Kier molecular flexibility index (Phi) is 9.74. The first-order valence-electron chi connectivity index (χ1n) is 21.2. The maximum absolute atomic E-state index is 13.3. The fraction of sp³-hybridized carbons (Fsp3) is 0.660. The number of carboxylic acids is 1. The predicted octanol–water partition coefficient (Wildman–Crippen LogP) is 9.13. The molecular formula is C47H65N3O3. The van der Waals surface area contributed by atoms with Gasteiger partial charge in [-0.1, -0.05) is 82.7 Å². The van der Waals surface area contributed by atoms with Gasteiger partial charge in [0.05, 0.1) is 11.5 Å². The van der Waals surface area contributed by atoms with Crippen LogP contribution in [0, 0.1) is 45.8 Å². The maximum Gasteiger partial charge on any atom is 0.335 e. The smallest absolute Gasteiger partial charge is 0.335 e. The lowest BCUT2D eigenvalue weighted by Crippen LogP contribution is -2.64. The van der Waals surface area contributed by atoms with E-state index in [4.69, 9.17) is 0 Å². The van der Waals surface area contributed by atoms with Crippen molar-refractivity contribution in [1.82, 2.24) is 15.1 Å². The van der Waals surface area contributed by atoms with Crippen molar-refractivity contribution in [2.24, 2.45) is 45.8 Å². The van der Waals surface area contributed by atoms with Crippen molar-refractivity contribution in [3.05, 3.63) is 77.4 Å². The third kappa shape index (κ3) is 6.22. The molecule has 2 N–H and O–H groups in total. The number of rotatable bonds is 8. The minimum absolute atomic E-state index is 0.0514. The number of carbonyl (C=O) groups excluding carboxylic acids is 1. The molecule has 6 heteroatoms. The van der Waals surface area contributed by atoms with Crippen LogP contribution in [0.3, 0.4) is 0 Å². The van der Waals surface area contributed by atoms with Crippen LogP contribution < -0.4 is 5.32 Å². The van der Waals surface area contributed by atoms with E-state index in [0.29, 0.717) is 27.9 Å². The highest BCUT2D eigenvalue weighted by atomic mass is 16.4. The molecule has 5 aliphatic carbocycles. The second-order valence-corrected chi connectivity index (χ2v) is 19.3. The molecule has 8 rings (SSSR count). The van der Waals surface area contributed by atoms with Crippen LogP contribution in [0.1, 0.15) is 126 Å². The quantitative estimate of drug-likeness (QED) is 0.285. The normalized spacial score (nSPS) is 37.0. The Bertz CT molecular complexity index is 1690. The average Bonchev–Trinajstić information content (AvgIpc) is 3.59. The van der Waals surface area contributed by atoms with E-state index in [-0.39, 0.29) is 17.2 Å². The third-order valence-corrected chi connectivity index (χ3v) is 16.8. The fourth-order valence-electron chi connectivity index (χ4n) is 14.2. The molecule has 1 saturated heterocycles. The number of carboxylic acid groups (broad SMARTS) is 1. The highest BCUT2D eigenvalue weighted by Gasteiger charge is 2.65. The number of hydrogen-bond donors (Lipinski definition) is 2. The summed E-state index contributed by atoms with van der Waals surface area (Å²) in [4.78, 5) is 29.5. The van der Waals surface area contributed by atoms with Crippen LogP contribution in [0.5, 0.6) is 0 Å². The van der Waals surface area contributed by atoms with Crippen LogP contribution in [0.4, 0.5) is 0 Å². The number of nitrogens with one attached hydrogen (secondary N) is 1. The predicted molar refractivity (Wildman–Crippen MR) is 214 cm³/mol. The molecule has 0 spiro atoms. The molecule has 5 fully saturated rings. The first kappa shape index (κ1) is 37.0. The second-order valence-electron chi connectivity index (χ2n) is 19.3. The Balaban J connectivity index is 0.899. The van der Waals surface area contributed by atoms with Gasteiger partial charge in [-0.25, -0.2) is 4.79 Å². The number of amides is 1. The fourth-order valence-corrected chi connectivity index (χ4v) is 14.2. The summed E-state index contributed by atoms with van der Waals surface area (Å²) in [6.45, 7) is 18.1. The standard InChI is InChI=1S/C47H65N3O3/c1-32(33-10-7-6-8-11-33)42(51)50-30-28-49(29-31-50)27-26-48-47-22-9-12-39(47)36-17-18-41-45(4,38(36)20-25-47)24-21-40-44(2,3)37(19-23-46(40,41)5)34-13-15-35(16-14-34)43(52)53/h6-8,10-11,13-16,19,32,36,38-41,48H,9,12,17-18,20-31H2,1-5H3,(H,52,53)/t32?,36-,38?,39?,40?,41?,45-,46-,47-/m0/s1. The van der Waals surface area contributed by atoms with Crippen LogP contribution in [0.15, 0.2) is 60.7 Å². The lowest BCUT2D eigenvalue weighted by molar-refractivity contribution is -0.172. The van der Waals surface area contributed by atoms with Crippen molar-refractivity contribution < 1.29 is 14.7 Å². The summed E-state index contributed by atoms with van der Waals surface area (Å²) < 4.78 is 0. The number of aromatic carboxylic acids is 1. The van der Waals surface area contributed by atoms with Crippen LogP contribution in [-0.4, -0.2) is 71.6 Å². The zero-order valence-corrected chi connectivity index (χ0v) is 33.2. The van der Waals surface area contributed by atoms with Crippen molar-refractivity contribution in [2.75, 3.05) is 39.3 Å². The summed E-state index contributed by atoms with van der Waals surface area (Å²) in [7, 11) is 0. The van der Waals surface area contributed by atoms with Crippen LogP contribution in [0.2, 0.25) is 0 Å². The van der Waals surface area contributed by atoms with Gasteiger partial charge in [-0.2, -0.15) is 0 Å². The largest absolute Gasteiger partial charge is 0.478 e. The summed E-state index contributed by atoms with van der Waals surface area (Å²) >= 11 is 0. The summed E-state index contributed by atoms with van der Waals surface area (Å²) in [6.07, 6.45) is 15.9. The SMILES string of the molecule is CC(C(=O)N1CCN(CCN[C@]23CCCC2[C@H]2CCC4[C@@](C)(CCC5C(C)(C)C(c6ccc(C(=O)O)cc6)=CC[C@@]54C)C2CC3)CC1)c1ccccc1. The van der Waals surface area contributed by atoms with E-state index in [1.54, 1.807) is 12.1 Å². The van der Waals surface area contributed by atoms with Crippen LogP contribution >= 0.6 is 0 Å². The zero-order chi connectivity index (χ0) is 37.2. The third-order valence-electron chi connectivity index (χ3n) is 16.8. The van der Waals surface area contributed by atoms with Crippen molar-refractivity contribution in [3.8, 4) is 0 Å². The molecule has 2 aromatic rings. The van der Waals surface area contributed by atoms with E-state index in [2.05, 4.69) is 67.9 Å². The average molecular weight is 720 g/mol. The Morgan fingerprint density at radius 3 is 2.26 bits per heavy atom. The molecule has 1 aliphatic heterocycles. The highest BCUT2D eigenvalue weighted by molar-refractivity contribution is 5.88. The molecule has 53 heavy (non-hydrogen) atoms. The number of allylic oxidation sites excluding steroid dienone is 2. The van der Waals surface area contributed by atoms with Gasteiger partial charge >= 0.3 is 5.97 Å². The van der Waals surface area contributed by atoms with E-state index in [1.165, 1.54) is 68.9 Å². The van der Waals surface area contributed by atoms with Gasteiger partial charge in [-0.3, -0.25) is 9.69 Å². The van der Waals surface area contributed by atoms with Gasteiger partial charge < -0.3 is 15.3 Å². The van der Waals surface area contributed by atoms with Gasteiger partial charge in [0.15, 0.2) is 0 Å². The van der Waals surface area contributed by atoms with Gasteiger partial charge in [0, 0.05) is 44.8 Å². The van der Waals surface area contributed by atoms with Crippen LogP contribution in [-0.2, 0) is 4.79 Å². The number of carbonyl (C=O) groups is 2. The summed E-state index contributed by atoms with van der Waals surface area (Å²) in [5.41, 5.74) is 5.16. The molecule has 4 saturated carbocycles. The monoisotopic (exact) mass is 720 g/mol. The molecule has 9 atom stereocenters. The molecule has 6 aliphatic rings. The topological polar surface area (TPSA) is 72.9 Å². The molecule has 1 amide bonds. The molecule has 0 aromatic heterocycles. The minimum atomic E-state index is -0.856. The van der Waals surface area contributed by atoms with Crippen molar-refractivity contribution in [3.63, 3.8) is 0 Å². The molecule has 5 unspecified atom stereocenters. The Morgan fingerprint density at radius 2 is 1.55 bits per heavy atom. The Morgan fingerprint density at radius 1 is 0.811 bits per heavy atom. The van der Waals surface area contributed by atoms with E-state index < -0.39 is 5.97 Å². The lowest BCUT2D eigenvalue weighted by Gasteiger charge is -2.68. The van der Waals surface area contributed by atoms with Crippen molar-refractivity contribution in [2.45, 2.75) is 110 Å². The highest BCUT2D eigenvalue weighted by Crippen LogP contribution is 2.72. The summed E-state index contributed by atoms with van der Waals surface area (Å²) in [5, 5.41) is 13.7. The number of hydrogen-bond acceptors (Lipinski definition) is 4. The number of piperazine rings is 1. The number of fused-ring (bicyclic) bond motifs is 7. The summed E-state index contributed by atoms with van der Waals surface area (Å²) in [6, 6.07) is 17.9. The van der Waals surface area contributed by atoms with Gasteiger partial charge in [0.25, 0.3) is 0 Å². The van der Waals surface area contributed by atoms with Crippen molar-refractivity contribution >= 4 is 17.4 Å². The Hall–Kier alpha value is -2.96. The van der Waals surface area contributed by atoms with E-state index in [9.17, 15) is 14.7 Å². The van der Waals surface area contributed by atoms with Gasteiger partial charge in [-0.05, 0) is 139 Å². The first-order chi connectivity index (χ1) is 25.4. The molecular weight excluding hydrogens is 655 g/mol. The molecule has 0 radical (unpaired) electrons. The van der Waals surface area contributed by atoms with E-state index >= 15 is 0 Å². The second kappa shape index (κ2) is 14.0. The molecule has 0 bridgehead atoms. The van der Waals surface area contributed by atoms with Crippen LogP contribution in [0.25, 0.3) is 5.57 Å². The Labute approximate surface area is 319 Å². The molecule has 286 valence electrons. The van der Waals surface area contributed by atoms with E-state index in [0.717, 1.165) is 74.9 Å². The van der Waals surface area contributed by atoms with Gasteiger partial charge in [0.2, 0.25) is 5.91 Å². The lowest BCUT2D eigenvalue weighted by atomic mass is 9.37. The zero-order valence-electron chi connectivity index (χ0n) is 33.2. The van der Waals surface area contributed by atoms with Gasteiger partial charge in [0.1, 0.15) is 0 Å². The first-order valence-corrected chi connectivity index (χ1v) is 21.2. The minimum Gasteiger partial charge on any atom is -0.478 e. The maximum atomic E-state index is 13.3. The molecule has 2 aromatic carbocycles. The van der Waals surface area contributed by atoms with Crippen molar-refractivity contribution in [1.29, 1.82) is 0 Å². The number of benzene rings is 2. The summed E-state index contributed by atoms with van der Waals surface area (Å²) in [5.74, 6) is 3.20. The molecule has 6 nitrogen and oxygen atoms in total.